The van der Waals surface area contributed by atoms with E-state index >= 15 is 4.39 Å². The van der Waals surface area contributed by atoms with Crippen molar-refractivity contribution in [2.24, 2.45) is 0 Å². The molecule has 2 heterocycles. The zero-order valence-electron chi connectivity index (χ0n) is 16.7. The standard InChI is InChI=1S/C22H18ClF2N3O2S/c1-3-27-11-13(10-26-27)28-12-18(14-8-9-16(23)20(25)21(14)28)31-17-7-5-6-15(19(17)24)22(29)30-4-2/h5-12H,3-4H2,1-2H3. The van der Waals surface area contributed by atoms with Gasteiger partial charge in [-0.1, -0.05) is 29.4 Å². The van der Waals surface area contributed by atoms with Gasteiger partial charge in [0.2, 0.25) is 0 Å². The molecule has 0 unspecified atom stereocenters. The number of aromatic nitrogens is 3. The van der Waals surface area contributed by atoms with Crippen LogP contribution in [-0.2, 0) is 11.3 Å². The number of hydrogen-bond donors (Lipinski definition) is 0. The summed E-state index contributed by atoms with van der Waals surface area (Å²) in [7, 11) is 0. The lowest BCUT2D eigenvalue weighted by Crippen LogP contribution is -2.07. The van der Waals surface area contributed by atoms with Crippen molar-refractivity contribution in [2.45, 2.75) is 30.2 Å². The Hall–Kier alpha value is -2.84. The Kier molecular flexibility index (Phi) is 6.02. The van der Waals surface area contributed by atoms with Crippen LogP contribution in [0.4, 0.5) is 8.78 Å². The average molecular weight is 462 g/mol. The highest BCUT2D eigenvalue weighted by atomic mass is 35.5. The van der Waals surface area contributed by atoms with Gasteiger partial charge in [-0.15, -0.1) is 0 Å². The Bertz CT molecular complexity index is 1290. The normalized spacial score (nSPS) is 11.3. The summed E-state index contributed by atoms with van der Waals surface area (Å²) in [5, 5.41) is 4.80. The Balaban J connectivity index is 1.83. The van der Waals surface area contributed by atoms with Crippen molar-refractivity contribution in [2.75, 3.05) is 6.61 Å². The molecule has 2 aromatic carbocycles. The molecule has 0 aliphatic carbocycles. The van der Waals surface area contributed by atoms with E-state index in [-0.39, 0.29) is 27.6 Å². The van der Waals surface area contributed by atoms with Crippen LogP contribution in [0.3, 0.4) is 0 Å². The molecule has 0 N–H and O–H groups in total. The Morgan fingerprint density at radius 1 is 1.13 bits per heavy atom. The second-order valence-corrected chi connectivity index (χ2v) is 8.11. The van der Waals surface area contributed by atoms with E-state index in [0.29, 0.717) is 22.5 Å². The fourth-order valence-corrected chi connectivity index (χ4v) is 4.40. The SMILES string of the molecule is CCOC(=O)c1cccc(Sc2cn(-c3cnn(CC)c3)c3c(F)c(Cl)ccc23)c1F. The van der Waals surface area contributed by atoms with Crippen LogP contribution in [0, 0.1) is 11.6 Å². The molecule has 0 amide bonds. The molecule has 0 saturated carbocycles. The summed E-state index contributed by atoms with van der Waals surface area (Å²) in [6.07, 6.45) is 5.12. The van der Waals surface area contributed by atoms with Gasteiger partial charge in [0.1, 0.15) is 0 Å². The van der Waals surface area contributed by atoms with Gasteiger partial charge in [0.25, 0.3) is 0 Å². The molecule has 0 radical (unpaired) electrons. The van der Waals surface area contributed by atoms with Crippen LogP contribution in [0.2, 0.25) is 5.02 Å². The first-order valence-corrected chi connectivity index (χ1v) is 10.8. The number of rotatable bonds is 6. The highest BCUT2D eigenvalue weighted by Gasteiger charge is 2.21. The fourth-order valence-electron chi connectivity index (χ4n) is 3.24. The van der Waals surface area contributed by atoms with Crippen molar-refractivity contribution >= 4 is 40.2 Å². The third-order valence-electron chi connectivity index (χ3n) is 4.72. The number of ether oxygens (including phenoxy) is 1. The molecule has 0 saturated heterocycles. The first-order valence-electron chi connectivity index (χ1n) is 9.60. The topological polar surface area (TPSA) is 49.1 Å². The Morgan fingerprint density at radius 2 is 1.94 bits per heavy atom. The van der Waals surface area contributed by atoms with E-state index in [0.717, 1.165) is 11.8 Å². The van der Waals surface area contributed by atoms with Crippen molar-refractivity contribution < 1.29 is 18.3 Å². The number of halogens is 3. The maximum atomic E-state index is 15.0. The molecule has 4 aromatic rings. The van der Waals surface area contributed by atoms with Gasteiger partial charge in [0.15, 0.2) is 11.6 Å². The zero-order valence-corrected chi connectivity index (χ0v) is 18.3. The summed E-state index contributed by atoms with van der Waals surface area (Å²) in [6.45, 7) is 4.41. The van der Waals surface area contributed by atoms with Gasteiger partial charge in [0, 0.05) is 34.1 Å². The Labute approximate surface area is 186 Å². The number of hydrogen-bond acceptors (Lipinski definition) is 4. The molecule has 0 spiro atoms. The summed E-state index contributed by atoms with van der Waals surface area (Å²) in [4.78, 5) is 12.9. The molecular formula is C22H18ClF2N3O2S. The maximum absolute atomic E-state index is 15.0. The van der Waals surface area contributed by atoms with E-state index in [2.05, 4.69) is 5.10 Å². The quantitative estimate of drug-likeness (QED) is 0.325. The number of aryl methyl sites for hydroxylation is 1. The van der Waals surface area contributed by atoms with E-state index in [1.54, 1.807) is 53.0 Å². The summed E-state index contributed by atoms with van der Waals surface area (Å²) >= 11 is 7.13. The highest BCUT2D eigenvalue weighted by molar-refractivity contribution is 7.99. The molecule has 9 heteroatoms. The highest BCUT2D eigenvalue weighted by Crippen LogP contribution is 2.40. The van der Waals surface area contributed by atoms with E-state index < -0.39 is 17.6 Å². The summed E-state index contributed by atoms with van der Waals surface area (Å²) in [5.74, 6) is -1.98. The minimum atomic E-state index is -0.727. The number of nitrogens with zero attached hydrogens (tertiary/aromatic N) is 3. The third-order valence-corrected chi connectivity index (χ3v) is 6.09. The number of benzene rings is 2. The average Bonchev–Trinajstić information content (AvgIpc) is 3.37. The Morgan fingerprint density at radius 3 is 2.65 bits per heavy atom. The maximum Gasteiger partial charge on any atom is 0.341 e. The number of fused-ring (bicyclic) bond motifs is 1. The largest absolute Gasteiger partial charge is 0.462 e. The summed E-state index contributed by atoms with van der Waals surface area (Å²) in [6, 6.07) is 7.68. The smallest absolute Gasteiger partial charge is 0.341 e. The van der Waals surface area contributed by atoms with Gasteiger partial charge in [-0.2, -0.15) is 5.10 Å². The summed E-state index contributed by atoms with van der Waals surface area (Å²) in [5.41, 5.74) is 0.780. The van der Waals surface area contributed by atoms with Crippen molar-refractivity contribution in [3.63, 3.8) is 0 Å². The van der Waals surface area contributed by atoms with Crippen LogP contribution in [0.5, 0.6) is 0 Å². The molecule has 160 valence electrons. The van der Waals surface area contributed by atoms with E-state index in [4.69, 9.17) is 16.3 Å². The van der Waals surface area contributed by atoms with Gasteiger partial charge >= 0.3 is 5.97 Å². The van der Waals surface area contributed by atoms with Gasteiger partial charge in [-0.25, -0.2) is 13.6 Å². The van der Waals surface area contributed by atoms with E-state index in [1.807, 2.05) is 6.92 Å². The lowest BCUT2D eigenvalue weighted by atomic mass is 10.2. The molecule has 0 bridgehead atoms. The van der Waals surface area contributed by atoms with Crippen molar-refractivity contribution in [1.82, 2.24) is 14.3 Å². The van der Waals surface area contributed by atoms with Crippen LogP contribution in [0.1, 0.15) is 24.2 Å². The lowest BCUT2D eigenvalue weighted by molar-refractivity contribution is 0.0520. The van der Waals surface area contributed by atoms with Gasteiger partial charge in [-0.05, 0) is 38.1 Å². The first kappa shape index (κ1) is 21.4. The van der Waals surface area contributed by atoms with Gasteiger partial charge in [-0.3, -0.25) is 4.68 Å². The fraction of sp³-hybridized carbons (Fsp3) is 0.182. The molecule has 0 aliphatic rings. The second-order valence-electron chi connectivity index (χ2n) is 6.62. The van der Waals surface area contributed by atoms with Crippen LogP contribution >= 0.6 is 23.4 Å². The number of carbonyl (C=O) groups is 1. The van der Waals surface area contributed by atoms with Gasteiger partial charge < -0.3 is 9.30 Å². The van der Waals surface area contributed by atoms with Crippen molar-refractivity contribution in [1.29, 1.82) is 0 Å². The molecular weight excluding hydrogens is 444 g/mol. The van der Waals surface area contributed by atoms with Crippen LogP contribution in [0.25, 0.3) is 16.6 Å². The molecule has 5 nitrogen and oxygen atoms in total. The summed E-state index contributed by atoms with van der Waals surface area (Å²) < 4.78 is 38.3. The van der Waals surface area contributed by atoms with Crippen LogP contribution in [0.15, 0.2) is 58.7 Å². The van der Waals surface area contributed by atoms with E-state index in [9.17, 15) is 9.18 Å². The second kappa shape index (κ2) is 8.72. The minimum absolute atomic E-state index is 0.0122. The van der Waals surface area contributed by atoms with Crippen LogP contribution < -0.4 is 0 Å². The predicted octanol–water partition coefficient (Wildman–Crippen LogP) is 6.11. The third kappa shape index (κ3) is 3.93. The molecule has 2 aromatic heterocycles. The first-order chi connectivity index (χ1) is 14.9. The zero-order chi connectivity index (χ0) is 22.1. The van der Waals surface area contributed by atoms with E-state index in [1.165, 1.54) is 12.1 Å². The number of esters is 1. The molecule has 4 rings (SSSR count). The minimum Gasteiger partial charge on any atom is -0.462 e. The molecule has 0 fully saturated rings. The van der Waals surface area contributed by atoms with Crippen molar-refractivity contribution in [3.8, 4) is 5.69 Å². The van der Waals surface area contributed by atoms with Gasteiger partial charge in [0.05, 0.1) is 34.6 Å². The monoisotopic (exact) mass is 461 g/mol. The van der Waals surface area contributed by atoms with Crippen molar-refractivity contribution in [3.05, 3.63) is 71.1 Å². The van der Waals surface area contributed by atoms with Crippen LogP contribution in [-0.4, -0.2) is 26.9 Å². The molecule has 0 aliphatic heterocycles. The number of carbonyl (C=O) groups excluding carboxylic acids is 1. The predicted molar refractivity (Wildman–Crippen MR) is 116 cm³/mol. The molecule has 0 atom stereocenters. The molecule has 31 heavy (non-hydrogen) atoms. The lowest BCUT2D eigenvalue weighted by Gasteiger charge is -2.07.